The summed E-state index contributed by atoms with van der Waals surface area (Å²) in [6, 6.07) is -0.280. The van der Waals surface area contributed by atoms with Crippen molar-refractivity contribution < 1.29 is 18.3 Å². The summed E-state index contributed by atoms with van der Waals surface area (Å²) < 4.78 is 34.0. The van der Waals surface area contributed by atoms with Crippen molar-refractivity contribution in [1.29, 1.82) is 0 Å². The van der Waals surface area contributed by atoms with E-state index in [9.17, 15) is 13.5 Å². The van der Waals surface area contributed by atoms with E-state index in [1.165, 1.54) is 8.61 Å². The molecule has 19 heavy (non-hydrogen) atoms. The van der Waals surface area contributed by atoms with E-state index in [0.717, 1.165) is 19.3 Å². The first-order chi connectivity index (χ1) is 8.89. The van der Waals surface area contributed by atoms with Crippen LogP contribution in [0.15, 0.2) is 0 Å². The molecule has 0 saturated carbocycles. The van der Waals surface area contributed by atoms with E-state index in [0.29, 0.717) is 26.3 Å². The largest absolute Gasteiger partial charge is 0.395 e. The molecule has 0 aromatic rings. The molecule has 2 saturated heterocycles. The minimum absolute atomic E-state index is 0.107. The summed E-state index contributed by atoms with van der Waals surface area (Å²) in [4.78, 5) is 0. The van der Waals surface area contributed by atoms with Gasteiger partial charge >= 0.3 is 0 Å². The summed E-state index contributed by atoms with van der Waals surface area (Å²) in [6.45, 7) is 5.36. The number of morpholine rings is 1. The lowest BCUT2D eigenvalue weighted by Crippen LogP contribution is -2.61. The van der Waals surface area contributed by atoms with Crippen LogP contribution in [0.2, 0.25) is 0 Å². The molecule has 2 fully saturated rings. The Morgan fingerprint density at radius 3 is 2.68 bits per heavy atom. The van der Waals surface area contributed by atoms with Crippen LogP contribution in [0.5, 0.6) is 0 Å². The van der Waals surface area contributed by atoms with Gasteiger partial charge in [-0.25, -0.2) is 0 Å². The average Bonchev–Trinajstić information content (AvgIpc) is 2.37. The highest BCUT2D eigenvalue weighted by molar-refractivity contribution is 7.86. The first kappa shape index (κ1) is 15.2. The van der Waals surface area contributed by atoms with Gasteiger partial charge in [-0.1, -0.05) is 6.42 Å². The summed E-state index contributed by atoms with van der Waals surface area (Å²) >= 11 is 0. The molecule has 112 valence electrons. The van der Waals surface area contributed by atoms with Crippen molar-refractivity contribution in [2.24, 2.45) is 0 Å². The Morgan fingerprint density at radius 2 is 2.05 bits per heavy atom. The van der Waals surface area contributed by atoms with Crippen molar-refractivity contribution >= 4 is 10.2 Å². The second-order valence-corrected chi connectivity index (χ2v) is 7.69. The SMILES string of the molecule is CC1(C)COCCN1S(=O)(=O)N1CCCCC1CO. The molecule has 1 N–H and O–H groups in total. The Labute approximate surface area is 115 Å². The van der Waals surface area contributed by atoms with Gasteiger partial charge in [-0.15, -0.1) is 0 Å². The summed E-state index contributed by atoms with van der Waals surface area (Å²) in [7, 11) is -3.53. The fourth-order valence-corrected chi connectivity index (χ4v) is 5.00. The van der Waals surface area contributed by atoms with E-state index < -0.39 is 15.7 Å². The normalized spacial score (nSPS) is 30.4. The highest BCUT2D eigenvalue weighted by atomic mass is 32.2. The first-order valence-electron chi connectivity index (χ1n) is 6.88. The molecule has 2 rings (SSSR count). The zero-order valence-corrected chi connectivity index (χ0v) is 12.5. The third-order valence-corrected chi connectivity index (χ3v) is 6.24. The van der Waals surface area contributed by atoms with E-state index in [-0.39, 0.29) is 12.6 Å². The Hall–Kier alpha value is -0.210. The second-order valence-electron chi connectivity index (χ2n) is 5.89. The molecule has 0 radical (unpaired) electrons. The average molecular weight is 292 g/mol. The van der Waals surface area contributed by atoms with Crippen LogP contribution in [-0.2, 0) is 14.9 Å². The predicted octanol–water partition coefficient (Wildman–Crippen LogP) is 0.189. The van der Waals surface area contributed by atoms with Crippen LogP contribution >= 0.6 is 0 Å². The summed E-state index contributed by atoms with van der Waals surface area (Å²) in [5, 5.41) is 9.40. The monoisotopic (exact) mass is 292 g/mol. The Kier molecular flexibility index (Phi) is 4.52. The van der Waals surface area contributed by atoms with Crippen LogP contribution in [0.3, 0.4) is 0 Å². The fourth-order valence-electron chi connectivity index (χ4n) is 2.86. The highest BCUT2D eigenvalue weighted by Gasteiger charge is 2.44. The van der Waals surface area contributed by atoms with Crippen LogP contribution in [-0.4, -0.2) is 66.6 Å². The number of hydrogen-bond acceptors (Lipinski definition) is 4. The molecule has 0 amide bonds. The minimum Gasteiger partial charge on any atom is -0.395 e. The lowest BCUT2D eigenvalue weighted by molar-refractivity contribution is -0.0125. The van der Waals surface area contributed by atoms with Crippen molar-refractivity contribution in [2.75, 3.05) is 32.9 Å². The van der Waals surface area contributed by atoms with E-state index in [4.69, 9.17) is 4.74 Å². The zero-order valence-electron chi connectivity index (χ0n) is 11.7. The van der Waals surface area contributed by atoms with Crippen LogP contribution in [0, 0.1) is 0 Å². The van der Waals surface area contributed by atoms with Gasteiger partial charge in [0.25, 0.3) is 10.2 Å². The maximum atomic E-state index is 12.8. The third-order valence-electron chi connectivity index (χ3n) is 3.93. The number of aliphatic hydroxyl groups excluding tert-OH is 1. The van der Waals surface area contributed by atoms with Crippen molar-refractivity contribution in [2.45, 2.75) is 44.7 Å². The lowest BCUT2D eigenvalue weighted by atomic mass is 10.1. The van der Waals surface area contributed by atoms with Crippen molar-refractivity contribution in [3.8, 4) is 0 Å². The standard InChI is InChI=1S/C12H24N2O4S/c1-12(2)10-18-8-7-14(12)19(16,17)13-6-4-3-5-11(13)9-15/h11,15H,3-10H2,1-2H3. The van der Waals surface area contributed by atoms with Gasteiger partial charge in [-0.3, -0.25) is 0 Å². The van der Waals surface area contributed by atoms with Crippen LogP contribution in [0.1, 0.15) is 33.1 Å². The van der Waals surface area contributed by atoms with Gasteiger partial charge in [0.2, 0.25) is 0 Å². The van der Waals surface area contributed by atoms with E-state index >= 15 is 0 Å². The highest BCUT2D eigenvalue weighted by Crippen LogP contribution is 2.29. The molecule has 0 aliphatic carbocycles. The van der Waals surface area contributed by atoms with Gasteiger partial charge in [-0.2, -0.15) is 17.0 Å². The third kappa shape index (κ3) is 2.95. The van der Waals surface area contributed by atoms with Crippen LogP contribution < -0.4 is 0 Å². The number of nitrogens with zero attached hydrogens (tertiary/aromatic N) is 2. The number of piperidine rings is 1. The van der Waals surface area contributed by atoms with Gasteiger partial charge in [0, 0.05) is 19.1 Å². The number of ether oxygens (including phenoxy) is 1. The maximum Gasteiger partial charge on any atom is 0.282 e. The van der Waals surface area contributed by atoms with Crippen LogP contribution in [0.25, 0.3) is 0 Å². The van der Waals surface area contributed by atoms with Crippen LogP contribution in [0.4, 0.5) is 0 Å². The minimum atomic E-state index is -3.53. The molecule has 0 bridgehead atoms. The van der Waals surface area contributed by atoms with Crippen molar-refractivity contribution in [1.82, 2.24) is 8.61 Å². The topological polar surface area (TPSA) is 70.1 Å². The summed E-state index contributed by atoms with van der Waals surface area (Å²) in [6.07, 6.45) is 2.57. The Bertz CT molecular complexity index is 410. The molecule has 0 aromatic carbocycles. The Morgan fingerprint density at radius 1 is 1.32 bits per heavy atom. The zero-order chi connectivity index (χ0) is 14.1. The molecular formula is C12H24N2O4S. The van der Waals surface area contributed by atoms with Gasteiger partial charge in [0.05, 0.1) is 25.4 Å². The number of hydrogen-bond donors (Lipinski definition) is 1. The lowest BCUT2D eigenvalue weighted by Gasteiger charge is -2.45. The van der Waals surface area contributed by atoms with Gasteiger partial charge in [0.1, 0.15) is 0 Å². The van der Waals surface area contributed by atoms with E-state index in [1.54, 1.807) is 0 Å². The molecule has 7 heteroatoms. The maximum absolute atomic E-state index is 12.8. The number of aliphatic hydroxyl groups is 1. The summed E-state index contributed by atoms with van der Waals surface area (Å²) in [5.74, 6) is 0. The molecular weight excluding hydrogens is 268 g/mol. The second kappa shape index (κ2) is 5.65. The van der Waals surface area contributed by atoms with E-state index in [2.05, 4.69) is 0 Å². The quantitative estimate of drug-likeness (QED) is 0.806. The van der Waals surface area contributed by atoms with Crippen molar-refractivity contribution in [3.05, 3.63) is 0 Å². The molecule has 0 spiro atoms. The fraction of sp³-hybridized carbons (Fsp3) is 1.00. The molecule has 0 aromatic heterocycles. The van der Waals surface area contributed by atoms with Gasteiger partial charge in [0.15, 0.2) is 0 Å². The van der Waals surface area contributed by atoms with Gasteiger partial charge in [-0.05, 0) is 26.7 Å². The van der Waals surface area contributed by atoms with Gasteiger partial charge < -0.3 is 9.84 Å². The van der Waals surface area contributed by atoms with E-state index in [1.807, 2.05) is 13.8 Å². The first-order valence-corrected chi connectivity index (χ1v) is 8.27. The molecule has 1 atom stereocenters. The molecule has 1 unspecified atom stereocenters. The van der Waals surface area contributed by atoms with Crippen molar-refractivity contribution in [3.63, 3.8) is 0 Å². The molecule has 6 nitrogen and oxygen atoms in total. The molecule has 2 aliphatic heterocycles. The molecule has 2 aliphatic rings. The summed E-state index contributed by atoms with van der Waals surface area (Å²) in [5.41, 5.74) is -0.533. The molecule has 2 heterocycles. The Balaban J connectivity index is 2.25. The predicted molar refractivity (Wildman–Crippen MR) is 72.0 cm³/mol. The number of rotatable bonds is 3. The smallest absolute Gasteiger partial charge is 0.282 e.